The molecule has 0 atom stereocenters. The summed E-state index contributed by atoms with van der Waals surface area (Å²) in [5.41, 5.74) is 10.0. The number of hydrogen-bond acceptors (Lipinski definition) is 0. The van der Waals surface area contributed by atoms with Crippen LogP contribution < -0.4 is 0 Å². The Kier molecular flexibility index (Phi) is 22.9. The minimum absolute atomic E-state index is 1.26. The quantitative estimate of drug-likeness (QED) is 0.181. The summed E-state index contributed by atoms with van der Waals surface area (Å²) in [4.78, 5) is 0. The van der Waals surface area contributed by atoms with Crippen molar-refractivity contribution in [2.45, 2.75) is 55.4 Å². The molecule has 0 aliphatic rings. The van der Waals surface area contributed by atoms with E-state index in [2.05, 4.69) is 146 Å². The van der Waals surface area contributed by atoms with Gasteiger partial charge in [-0.2, -0.15) is 0 Å². The third-order valence-electron chi connectivity index (χ3n) is 6.62. The van der Waals surface area contributed by atoms with E-state index in [1.54, 1.807) is 0 Å². The van der Waals surface area contributed by atoms with Crippen molar-refractivity contribution in [3.8, 4) is 0 Å². The fourth-order valence-corrected chi connectivity index (χ4v) is 4.41. The molecule has 0 spiro atoms. The van der Waals surface area contributed by atoms with Crippen LogP contribution >= 0.6 is 0 Å². The van der Waals surface area contributed by atoms with Gasteiger partial charge < -0.3 is 0 Å². The zero-order valence-electron chi connectivity index (χ0n) is 30.5. The lowest BCUT2D eigenvalue weighted by molar-refractivity contribution is 1.60. The maximum atomic E-state index is 2.12. The molecule has 4 rings (SSSR count). The third kappa shape index (κ3) is 18.7. The highest BCUT2D eigenvalue weighted by molar-refractivity contribution is 5.58. The molecular formula is C48H56. The van der Waals surface area contributed by atoms with Crippen LogP contribution in [-0.4, -0.2) is 0 Å². The van der Waals surface area contributed by atoms with Gasteiger partial charge in [0.2, 0.25) is 0 Å². The standard InChI is InChI=1S/4C12H14/c4*1-3-5-11-7-9-12(6-4-2)10-8-11/h4*3-10H,1-2H3. The molecule has 0 saturated carbocycles. The predicted molar refractivity (Wildman–Crippen MR) is 223 cm³/mol. The van der Waals surface area contributed by atoms with Crippen molar-refractivity contribution in [3.05, 3.63) is 190 Å². The van der Waals surface area contributed by atoms with E-state index >= 15 is 0 Å². The summed E-state index contributed by atoms with van der Waals surface area (Å²) in [6.45, 7) is 16.2. The van der Waals surface area contributed by atoms with Crippen molar-refractivity contribution in [3.63, 3.8) is 0 Å². The zero-order chi connectivity index (χ0) is 35.2. The van der Waals surface area contributed by atoms with Gasteiger partial charge in [0.15, 0.2) is 0 Å². The summed E-state index contributed by atoms with van der Waals surface area (Å²) in [6, 6.07) is 33.9. The van der Waals surface area contributed by atoms with Crippen LogP contribution in [0.3, 0.4) is 0 Å². The molecule has 0 radical (unpaired) electrons. The van der Waals surface area contributed by atoms with Gasteiger partial charge in [0, 0.05) is 0 Å². The maximum Gasteiger partial charge on any atom is -0.0260 e. The van der Waals surface area contributed by atoms with Gasteiger partial charge >= 0.3 is 0 Å². The Morgan fingerprint density at radius 2 is 0.271 bits per heavy atom. The Labute approximate surface area is 293 Å². The molecule has 4 aromatic rings. The number of rotatable bonds is 8. The average Bonchev–Trinajstić information content (AvgIpc) is 3.10. The molecule has 0 heteroatoms. The van der Waals surface area contributed by atoms with E-state index in [-0.39, 0.29) is 0 Å². The van der Waals surface area contributed by atoms with E-state index in [0.29, 0.717) is 0 Å². The van der Waals surface area contributed by atoms with Crippen molar-refractivity contribution < 1.29 is 0 Å². The first-order valence-electron chi connectivity index (χ1n) is 16.9. The first-order valence-corrected chi connectivity index (χ1v) is 16.9. The van der Waals surface area contributed by atoms with E-state index in [4.69, 9.17) is 0 Å². The normalized spacial score (nSPS) is 11.5. The van der Waals surface area contributed by atoms with E-state index in [1.807, 2.05) is 104 Å². The molecule has 0 aliphatic carbocycles. The Hall–Kier alpha value is -5.20. The van der Waals surface area contributed by atoms with Crippen LogP contribution in [0, 0.1) is 0 Å². The molecule has 0 heterocycles. The topological polar surface area (TPSA) is 0 Å². The fraction of sp³-hybridized carbons (Fsp3) is 0.167. The highest BCUT2D eigenvalue weighted by Gasteiger charge is 1.88. The SMILES string of the molecule is CC=Cc1ccc(C=CC)cc1.CC=Cc1ccc(C=CC)cc1.CC=Cc1ccc(C=CC)cc1.CC=Cc1ccc(C=CC)cc1. The zero-order valence-corrected chi connectivity index (χ0v) is 30.5. The lowest BCUT2D eigenvalue weighted by atomic mass is 10.1. The van der Waals surface area contributed by atoms with Gasteiger partial charge in [-0.15, -0.1) is 0 Å². The minimum atomic E-state index is 1.26. The van der Waals surface area contributed by atoms with Gasteiger partial charge in [-0.05, 0) is 99.9 Å². The molecule has 248 valence electrons. The molecule has 0 aliphatic heterocycles. The summed E-state index contributed by atoms with van der Waals surface area (Å²) < 4.78 is 0. The number of allylic oxidation sites excluding steroid dienone is 8. The predicted octanol–water partition coefficient (Wildman–Crippen LogP) is 15.0. The van der Waals surface area contributed by atoms with Crippen LogP contribution in [0.15, 0.2) is 146 Å². The van der Waals surface area contributed by atoms with Crippen LogP contribution in [0.5, 0.6) is 0 Å². The van der Waals surface area contributed by atoms with E-state index in [0.717, 1.165) is 0 Å². The number of hydrogen-bond donors (Lipinski definition) is 0. The highest BCUT2D eigenvalue weighted by atomic mass is 13.9. The van der Waals surface area contributed by atoms with Crippen molar-refractivity contribution in [2.75, 3.05) is 0 Å². The summed E-state index contributed by atoms with van der Waals surface area (Å²) in [6.07, 6.45) is 33.1. The minimum Gasteiger partial charge on any atom is -0.0871 e. The molecule has 0 fully saturated rings. The molecule has 0 saturated heterocycles. The highest BCUT2D eigenvalue weighted by Crippen LogP contribution is 2.10. The maximum absolute atomic E-state index is 2.12. The van der Waals surface area contributed by atoms with E-state index < -0.39 is 0 Å². The lowest BCUT2D eigenvalue weighted by Crippen LogP contribution is -1.73. The van der Waals surface area contributed by atoms with Gasteiger partial charge in [-0.25, -0.2) is 0 Å². The molecule has 0 nitrogen and oxygen atoms in total. The fourth-order valence-electron chi connectivity index (χ4n) is 4.41. The first kappa shape index (κ1) is 40.8. The van der Waals surface area contributed by atoms with Gasteiger partial charge in [0.05, 0.1) is 0 Å². The molecule has 0 bridgehead atoms. The second-order valence-corrected chi connectivity index (χ2v) is 10.7. The van der Waals surface area contributed by atoms with Gasteiger partial charge in [0.1, 0.15) is 0 Å². The summed E-state index contributed by atoms with van der Waals surface area (Å²) >= 11 is 0. The van der Waals surface area contributed by atoms with Crippen LogP contribution in [-0.2, 0) is 0 Å². The van der Waals surface area contributed by atoms with Crippen LogP contribution in [0.2, 0.25) is 0 Å². The molecular weight excluding hydrogens is 577 g/mol. The molecule has 0 N–H and O–H groups in total. The molecule has 0 unspecified atom stereocenters. The van der Waals surface area contributed by atoms with Crippen LogP contribution in [0.4, 0.5) is 0 Å². The van der Waals surface area contributed by atoms with Crippen molar-refractivity contribution in [1.82, 2.24) is 0 Å². The summed E-state index contributed by atoms with van der Waals surface area (Å²) in [7, 11) is 0. The van der Waals surface area contributed by atoms with Crippen molar-refractivity contribution in [2.24, 2.45) is 0 Å². The number of benzene rings is 4. The third-order valence-corrected chi connectivity index (χ3v) is 6.62. The van der Waals surface area contributed by atoms with Crippen molar-refractivity contribution >= 4 is 48.6 Å². The Balaban J connectivity index is 0.000000320. The van der Waals surface area contributed by atoms with Crippen molar-refractivity contribution in [1.29, 1.82) is 0 Å². The Bertz CT molecular complexity index is 1230. The first-order chi connectivity index (χ1) is 23.5. The largest absolute Gasteiger partial charge is 0.0871 e. The molecule has 4 aromatic carbocycles. The van der Waals surface area contributed by atoms with Gasteiger partial charge in [0.25, 0.3) is 0 Å². The molecule has 48 heavy (non-hydrogen) atoms. The smallest absolute Gasteiger partial charge is 0.0260 e. The van der Waals surface area contributed by atoms with Crippen LogP contribution in [0.25, 0.3) is 48.6 Å². The summed E-state index contributed by atoms with van der Waals surface area (Å²) in [5.74, 6) is 0. The van der Waals surface area contributed by atoms with E-state index in [1.165, 1.54) is 44.5 Å². The second kappa shape index (κ2) is 27.0. The molecule has 0 aromatic heterocycles. The van der Waals surface area contributed by atoms with Crippen LogP contribution in [0.1, 0.15) is 99.9 Å². The second-order valence-electron chi connectivity index (χ2n) is 10.7. The van der Waals surface area contributed by atoms with E-state index in [9.17, 15) is 0 Å². The van der Waals surface area contributed by atoms with Gasteiger partial charge in [-0.3, -0.25) is 0 Å². The average molecular weight is 633 g/mol. The monoisotopic (exact) mass is 632 g/mol. The Morgan fingerprint density at radius 1 is 0.188 bits per heavy atom. The Morgan fingerprint density at radius 3 is 0.333 bits per heavy atom. The summed E-state index contributed by atoms with van der Waals surface area (Å²) in [5, 5.41) is 0. The van der Waals surface area contributed by atoms with Gasteiger partial charge in [-0.1, -0.05) is 194 Å². The molecule has 0 amide bonds. The lowest BCUT2D eigenvalue weighted by Gasteiger charge is -1.94.